The highest BCUT2D eigenvalue weighted by atomic mass is 35.5. The molecule has 0 spiro atoms. The molecule has 1 atom stereocenters. The van der Waals surface area contributed by atoms with E-state index in [2.05, 4.69) is 20.6 Å². The number of anilines is 2. The Morgan fingerprint density at radius 2 is 1.92 bits per heavy atom. The SMILES string of the molecule is O=C(CC(F)(F)F)N=C[C@@]1(C(=O)NCc2ncc(Nc3ccc(F)cc3C(F)(F)F)cc2Cl)CCOC1. The molecule has 0 saturated carbocycles. The van der Waals surface area contributed by atoms with E-state index in [9.17, 15) is 40.3 Å². The van der Waals surface area contributed by atoms with Crippen LogP contribution in [-0.4, -0.2) is 42.4 Å². The molecule has 1 fully saturated rings. The summed E-state index contributed by atoms with van der Waals surface area (Å²) in [6.07, 6.45) is -9.30. The molecule has 1 aromatic carbocycles. The normalized spacial score (nSPS) is 18.3. The van der Waals surface area contributed by atoms with E-state index in [1.54, 1.807) is 0 Å². The summed E-state index contributed by atoms with van der Waals surface area (Å²) in [5, 5.41) is 4.93. The first-order valence-corrected chi connectivity index (χ1v) is 10.9. The van der Waals surface area contributed by atoms with Gasteiger partial charge in [-0.3, -0.25) is 14.6 Å². The summed E-state index contributed by atoms with van der Waals surface area (Å²) in [5.41, 5.74) is -2.98. The molecule has 0 radical (unpaired) electrons. The maximum Gasteiger partial charge on any atom is 0.418 e. The van der Waals surface area contributed by atoms with Crippen LogP contribution in [0.1, 0.15) is 24.1 Å². The van der Waals surface area contributed by atoms with Crippen molar-refractivity contribution >= 4 is 41.0 Å². The van der Waals surface area contributed by atoms with Gasteiger partial charge in [0.15, 0.2) is 0 Å². The Morgan fingerprint density at radius 1 is 1.19 bits per heavy atom. The van der Waals surface area contributed by atoms with Gasteiger partial charge < -0.3 is 15.4 Å². The Kier molecular flexibility index (Phi) is 8.42. The summed E-state index contributed by atoms with van der Waals surface area (Å²) < 4.78 is 95.2. The second kappa shape index (κ2) is 11.0. The van der Waals surface area contributed by atoms with Crippen LogP contribution in [0.2, 0.25) is 5.02 Å². The molecule has 2 amide bonds. The molecule has 15 heteroatoms. The Hall–Kier alpha value is -3.26. The van der Waals surface area contributed by atoms with Crippen molar-refractivity contribution in [3.8, 4) is 0 Å². The third-order valence-corrected chi connectivity index (χ3v) is 5.54. The van der Waals surface area contributed by atoms with Crippen molar-refractivity contribution < 1.29 is 45.1 Å². The molecule has 37 heavy (non-hydrogen) atoms. The molecule has 0 aliphatic carbocycles. The largest absolute Gasteiger partial charge is 0.418 e. The maximum atomic E-state index is 13.3. The van der Waals surface area contributed by atoms with E-state index < -0.39 is 53.1 Å². The predicted octanol–water partition coefficient (Wildman–Crippen LogP) is 5.21. The van der Waals surface area contributed by atoms with E-state index in [4.69, 9.17) is 16.3 Å². The third kappa shape index (κ3) is 7.61. The van der Waals surface area contributed by atoms with E-state index in [-0.39, 0.29) is 42.6 Å². The smallest absolute Gasteiger partial charge is 0.380 e. The molecule has 7 nitrogen and oxygen atoms in total. The minimum atomic E-state index is -4.83. The van der Waals surface area contributed by atoms with Crippen molar-refractivity contribution in [2.75, 3.05) is 18.5 Å². The number of hydrogen-bond donors (Lipinski definition) is 2. The molecular weight excluding hydrogens is 537 g/mol. The van der Waals surface area contributed by atoms with Crippen LogP contribution in [0.15, 0.2) is 35.5 Å². The number of aliphatic imine (C=N–C) groups is 1. The Labute approximate surface area is 210 Å². The first-order valence-electron chi connectivity index (χ1n) is 10.5. The zero-order valence-corrected chi connectivity index (χ0v) is 19.4. The van der Waals surface area contributed by atoms with Gasteiger partial charge in [0.05, 0.1) is 47.0 Å². The molecule has 2 heterocycles. The number of alkyl halides is 6. The number of amides is 2. The highest BCUT2D eigenvalue weighted by molar-refractivity contribution is 6.31. The van der Waals surface area contributed by atoms with E-state index in [0.29, 0.717) is 6.07 Å². The first kappa shape index (κ1) is 28.3. The monoisotopic (exact) mass is 554 g/mol. The molecule has 1 saturated heterocycles. The summed E-state index contributed by atoms with van der Waals surface area (Å²) in [6.45, 7) is -0.366. The molecule has 1 aliphatic rings. The maximum absolute atomic E-state index is 13.3. The van der Waals surface area contributed by atoms with Gasteiger partial charge in [0, 0.05) is 12.8 Å². The molecule has 2 aromatic rings. The van der Waals surface area contributed by atoms with Crippen LogP contribution in [0.3, 0.4) is 0 Å². The van der Waals surface area contributed by atoms with Gasteiger partial charge in [0.1, 0.15) is 17.7 Å². The lowest BCUT2D eigenvalue weighted by Gasteiger charge is -2.21. The standard InChI is InChI=1S/C22H18ClF7N4O3/c23-15-6-13(34-16-2-1-12(24)5-14(16)22(28,29)30)8-31-17(15)9-32-19(36)20(3-4-37-11-20)10-33-18(35)7-21(25,26)27/h1-2,5-6,8,10,34H,3-4,7,9,11H2,(H,32,36)/t20-/m0/s1. The lowest BCUT2D eigenvalue weighted by molar-refractivity contribution is -0.151. The van der Waals surface area contributed by atoms with Crippen LogP contribution in [0, 0.1) is 11.2 Å². The molecule has 1 aliphatic heterocycles. The second-order valence-corrected chi connectivity index (χ2v) is 8.46. The number of nitrogens with one attached hydrogen (secondary N) is 2. The number of nitrogens with zero attached hydrogens (tertiary/aromatic N) is 2. The fourth-order valence-corrected chi connectivity index (χ4v) is 3.59. The van der Waals surface area contributed by atoms with Gasteiger partial charge in [-0.2, -0.15) is 26.3 Å². The number of hydrogen-bond acceptors (Lipinski definition) is 5. The average molecular weight is 555 g/mol. The molecule has 200 valence electrons. The number of carbonyl (C=O) groups is 2. The van der Waals surface area contributed by atoms with Crippen LogP contribution in [0.4, 0.5) is 42.1 Å². The molecule has 0 unspecified atom stereocenters. The molecule has 2 N–H and O–H groups in total. The van der Waals surface area contributed by atoms with Gasteiger partial charge in [0.25, 0.3) is 5.91 Å². The van der Waals surface area contributed by atoms with Crippen molar-refractivity contribution in [3.63, 3.8) is 0 Å². The van der Waals surface area contributed by atoms with Crippen molar-refractivity contribution in [3.05, 3.63) is 52.6 Å². The number of rotatable bonds is 7. The van der Waals surface area contributed by atoms with Crippen LogP contribution in [0.5, 0.6) is 0 Å². The number of benzene rings is 1. The third-order valence-electron chi connectivity index (χ3n) is 5.21. The fraction of sp³-hybridized carbons (Fsp3) is 0.364. The molecule has 0 bridgehead atoms. The van der Waals surface area contributed by atoms with Crippen LogP contribution in [0.25, 0.3) is 0 Å². The summed E-state index contributed by atoms with van der Waals surface area (Å²) in [6, 6.07) is 3.33. The predicted molar refractivity (Wildman–Crippen MR) is 118 cm³/mol. The lowest BCUT2D eigenvalue weighted by atomic mass is 9.87. The van der Waals surface area contributed by atoms with Crippen LogP contribution < -0.4 is 10.6 Å². The molecule has 1 aromatic heterocycles. The van der Waals surface area contributed by atoms with E-state index in [1.165, 1.54) is 6.07 Å². The number of halogens is 8. The van der Waals surface area contributed by atoms with Gasteiger partial charge in [-0.25, -0.2) is 9.38 Å². The summed E-state index contributed by atoms with van der Waals surface area (Å²) >= 11 is 6.15. The minimum Gasteiger partial charge on any atom is -0.380 e. The highest BCUT2D eigenvalue weighted by Gasteiger charge is 2.41. The second-order valence-electron chi connectivity index (χ2n) is 8.05. The molecular formula is C22H18ClF7N4O3. The zero-order valence-electron chi connectivity index (χ0n) is 18.6. The zero-order chi connectivity index (χ0) is 27.4. The number of pyridine rings is 1. The number of ether oxygens (including phenoxy) is 1. The summed E-state index contributed by atoms with van der Waals surface area (Å²) in [5.74, 6) is -3.23. The van der Waals surface area contributed by atoms with Crippen molar-refractivity contribution in [1.29, 1.82) is 0 Å². The number of aromatic nitrogens is 1. The first-order chi connectivity index (χ1) is 17.2. The van der Waals surface area contributed by atoms with E-state index in [0.717, 1.165) is 24.5 Å². The van der Waals surface area contributed by atoms with Gasteiger partial charge >= 0.3 is 12.4 Å². The molecule has 3 rings (SSSR count). The Balaban J connectivity index is 1.69. The van der Waals surface area contributed by atoms with Crippen molar-refractivity contribution in [2.45, 2.75) is 31.7 Å². The quantitative estimate of drug-likeness (QED) is 0.362. The van der Waals surface area contributed by atoms with E-state index in [1.807, 2.05) is 0 Å². The number of carbonyl (C=O) groups excluding carboxylic acids is 2. The summed E-state index contributed by atoms with van der Waals surface area (Å²) in [7, 11) is 0. The topological polar surface area (TPSA) is 92.7 Å². The van der Waals surface area contributed by atoms with Crippen molar-refractivity contribution in [2.24, 2.45) is 10.4 Å². The van der Waals surface area contributed by atoms with Crippen molar-refractivity contribution in [1.82, 2.24) is 10.3 Å². The van der Waals surface area contributed by atoms with Gasteiger partial charge in [-0.1, -0.05) is 11.6 Å². The van der Waals surface area contributed by atoms with E-state index >= 15 is 0 Å². The minimum absolute atomic E-state index is 0.0354. The van der Waals surface area contributed by atoms with Gasteiger partial charge in [-0.05, 0) is 30.7 Å². The Morgan fingerprint density at radius 3 is 2.51 bits per heavy atom. The van der Waals surface area contributed by atoms with Crippen LogP contribution in [-0.2, 0) is 27.0 Å². The fourth-order valence-electron chi connectivity index (χ4n) is 3.35. The Bertz CT molecular complexity index is 1200. The summed E-state index contributed by atoms with van der Waals surface area (Å²) in [4.78, 5) is 31.5. The van der Waals surface area contributed by atoms with Gasteiger partial charge in [-0.15, -0.1) is 0 Å². The lowest BCUT2D eigenvalue weighted by Crippen LogP contribution is -2.42. The van der Waals surface area contributed by atoms with Gasteiger partial charge in [0.2, 0.25) is 5.91 Å². The van der Waals surface area contributed by atoms with Crippen LogP contribution >= 0.6 is 11.6 Å². The average Bonchev–Trinajstić information content (AvgIpc) is 3.27. The highest BCUT2D eigenvalue weighted by Crippen LogP contribution is 2.37.